The van der Waals surface area contributed by atoms with Gasteiger partial charge in [-0.3, -0.25) is 9.59 Å². The number of fused-ring (bicyclic) bond motifs is 6. The van der Waals surface area contributed by atoms with Crippen molar-refractivity contribution in [2.75, 3.05) is 27.4 Å². The molecule has 0 saturated carbocycles. The first-order chi connectivity index (χ1) is 31.0. The summed E-state index contributed by atoms with van der Waals surface area (Å²) in [6.07, 6.45) is 6.09. The van der Waals surface area contributed by atoms with Crippen LogP contribution in [0, 0.1) is 11.8 Å². The zero-order valence-electron chi connectivity index (χ0n) is 37.4. The standard InChI is InChI=1S/C48H58N8O8/c1-7-31-13-17-38(56(31)46(58)41(54-48(60)62-6)29-9-8-18-63-23-29)44-50-35-15-12-27-20-34-32-14-11-28(19-30(32)24-64-39(34)21-33(27)42(35)52-44)36-22-49-43(51-36)37-16-10-26(4)55(37)45(57)40(25(2)3)53-47(59)61-5/h11-12,14-15,19-22,25-26,29,31,37-38,40-41H,7-10,13,16-18,23-24H2,1-6H3,(H,49,51)(H,50,52)(H,53,59)(H,54,60)/t26?,29-,31-,37-,38-,40-,41-/m0/s1. The summed E-state index contributed by atoms with van der Waals surface area (Å²) < 4.78 is 22.0. The van der Waals surface area contributed by atoms with E-state index in [1.807, 2.05) is 42.8 Å². The topological polar surface area (TPSA) is 193 Å². The molecule has 5 aromatic rings. The Kier molecular flexibility index (Phi) is 12.0. The van der Waals surface area contributed by atoms with Crippen molar-refractivity contribution >= 4 is 45.8 Å². The Bertz CT molecular complexity index is 2580. The van der Waals surface area contributed by atoms with Crippen molar-refractivity contribution in [3.8, 4) is 28.1 Å². The van der Waals surface area contributed by atoms with Gasteiger partial charge in [-0.2, -0.15) is 0 Å². The zero-order chi connectivity index (χ0) is 44.8. The molecule has 0 radical (unpaired) electrons. The van der Waals surface area contributed by atoms with Gasteiger partial charge in [-0.1, -0.05) is 39.0 Å². The number of methoxy groups -OCH3 is 2. The number of H-pyrrole nitrogens is 2. The van der Waals surface area contributed by atoms with E-state index in [0.29, 0.717) is 25.6 Å². The van der Waals surface area contributed by atoms with Gasteiger partial charge in [0.2, 0.25) is 11.8 Å². The highest BCUT2D eigenvalue weighted by atomic mass is 16.5. The van der Waals surface area contributed by atoms with Crippen LogP contribution in [0.1, 0.15) is 102 Å². The highest BCUT2D eigenvalue weighted by Gasteiger charge is 2.45. The second kappa shape index (κ2) is 17.8. The second-order valence-electron chi connectivity index (χ2n) is 18.0. The maximum Gasteiger partial charge on any atom is 0.407 e. The van der Waals surface area contributed by atoms with Crippen molar-refractivity contribution in [1.29, 1.82) is 0 Å². The first-order valence-corrected chi connectivity index (χ1v) is 22.7. The third-order valence-electron chi connectivity index (χ3n) is 13.8. The number of benzene rings is 3. The third kappa shape index (κ3) is 7.90. The summed E-state index contributed by atoms with van der Waals surface area (Å²) in [4.78, 5) is 73.9. The second-order valence-corrected chi connectivity index (χ2v) is 18.0. The number of alkyl carbamates (subject to hydrolysis) is 2. The maximum atomic E-state index is 14.5. The zero-order valence-corrected chi connectivity index (χ0v) is 37.4. The van der Waals surface area contributed by atoms with Gasteiger partial charge in [-0.05, 0) is 104 Å². The summed E-state index contributed by atoms with van der Waals surface area (Å²) in [5, 5.41) is 7.54. The molecular weight excluding hydrogens is 817 g/mol. The minimum absolute atomic E-state index is 0.00299. The van der Waals surface area contributed by atoms with Gasteiger partial charge in [0, 0.05) is 35.6 Å². The van der Waals surface area contributed by atoms with Gasteiger partial charge >= 0.3 is 12.2 Å². The Hall–Kier alpha value is -6.16. The highest BCUT2D eigenvalue weighted by molar-refractivity contribution is 6.07. The fourth-order valence-corrected chi connectivity index (χ4v) is 10.4. The molecular formula is C48H58N8O8. The fraction of sp³-hybridized carbons (Fsp3) is 0.500. The van der Waals surface area contributed by atoms with E-state index < -0.39 is 24.3 Å². The molecule has 3 aromatic carbocycles. The number of carbonyl (C=O) groups is 4. The predicted molar refractivity (Wildman–Crippen MR) is 239 cm³/mol. The molecule has 9 rings (SSSR count). The molecule has 0 aliphatic carbocycles. The monoisotopic (exact) mass is 874 g/mol. The predicted octanol–water partition coefficient (Wildman–Crippen LogP) is 7.69. The Labute approximate surface area is 372 Å². The van der Waals surface area contributed by atoms with Crippen LogP contribution in [0.25, 0.3) is 44.2 Å². The molecule has 3 saturated heterocycles. The number of hydrogen-bond donors (Lipinski definition) is 4. The average molecular weight is 875 g/mol. The molecule has 0 bridgehead atoms. The number of amides is 4. The van der Waals surface area contributed by atoms with Crippen LogP contribution < -0.4 is 15.4 Å². The molecule has 3 fully saturated rings. The average Bonchev–Trinajstić information content (AvgIpc) is 4.14. The maximum absolute atomic E-state index is 14.5. The van der Waals surface area contributed by atoms with Crippen molar-refractivity contribution in [2.24, 2.45) is 11.8 Å². The smallest absolute Gasteiger partial charge is 0.407 e. The Balaban J connectivity index is 0.971. The molecule has 6 heterocycles. The van der Waals surface area contributed by atoms with Gasteiger partial charge in [-0.25, -0.2) is 19.6 Å². The molecule has 2 aromatic heterocycles. The molecule has 1 unspecified atom stereocenters. The number of imidazole rings is 2. The Morgan fingerprint density at radius 3 is 2.41 bits per heavy atom. The van der Waals surface area contributed by atoms with E-state index >= 15 is 0 Å². The first-order valence-electron chi connectivity index (χ1n) is 22.7. The number of likely N-dealkylation sites (tertiary alicyclic amines) is 2. The molecule has 64 heavy (non-hydrogen) atoms. The molecule has 16 heteroatoms. The highest BCUT2D eigenvalue weighted by Crippen LogP contribution is 2.44. The molecule has 0 spiro atoms. The van der Waals surface area contributed by atoms with E-state index in [-0.39, 0.29) is 47.8 Å². The lowest BCUT2D eigenvalue weighted by Crippen LogP contribution is -2.55. The van der Waals surface area contributed by atoms with Crippen molar-refractivity contribution < 1.29 is 38.1 Å². The molecule has 4 N–H and O–H groups in total. The van der Waals surface area contributed by atoms with Gasteiger partial charge in [-0.15, -0.1) is 0 Å². The Morgan fingerprint density at radius 1 is 0.875 bits per heavy atom. The van der Waals surface area contributed by atoms with Crippen molar-refractivity contribution in [3.63, 3.8) is 0 Å². The van der Waals surface area contributed by atoms with Crippen molar-refractivity contribution in [2.45, 2.75) is 115 Å². The Morgan fingerprint density at radius 2 is 1.66 bits per heavy atom. The third-order valence-corrected chi connectivity index (χ3v) is 13.8. The molecule has 4 amide bonds. The molecule has 4 aliphatic heterocycles. The van der Waals surface area contributed by atoms with Crippen molar-refractivity contribution in [1.82, 2.24) is 40.4 Å². The van der Waals surface area contributed by atoms with Gasteiger partial charge in [0.25, 0.3) is 0 Å². The fourth-order valence-electron chi connectivity index (χ4n) is 10.4. The number of nitrogens with one attached hydrogen (secondary N) is 4. The summed E-state index contributed by atoms with van der Waals surface area (Å²) in [5.74, 6) is 1.63. The lowest BCUT2D eigenvalue weighted by Gasteiger charge is -2.36. The lowest BCUT2D eigenvalue weighted by atomic mass is 9.92. The van der Waals surface area contributed by atoms with E-state index in [0.717, 1.165) is 106 Å². The van der Waals surface area contributed by atoms with Gasteiger partial charge in [0.1, 0.15) is 36.1 Å². The largest absolute Gasteiger partial charge is 0.488 e. The first kappa shape index (κ1) is 43.1. The lowest BCUT2D eigenvalue weighted by molar-refractivity contribution is -0.139. The number of nitrogens with zero attached hydrogens (tertiary/aromatic N) is 4. The van der Waals surface area contributed by atoms with Crippen LogP contribution in [0.5, 0.6) is 5.75 Å². The number of rotatable bonds is 10. The van der Waals surface area contributed by atoms with Crippen LogP contribution in [0.3, 0.4) is 0 Å². The van der Waals surface area contributed by atoms with Crippen LogP contribution in [0.4, 0.5) is 9.59 Å². The van der Waals surface area contributed by atoms with Gasteiger partial charge < -0.3 is 49.3 Å². The van der Waals surface area contributed by atoms with Crippen LogP contribution in [-0.4, -0.2) is 105 Å². The number of aromatic nitrogens is 4. The SMILES string of the molecule is CC[C@H]1CC[C@@H](c2nc3c(ccc4cc5c(cc43)OCc3cc(-c4cnc([C@@H]6CCC(C)N6C(=O)[C@@H](NC(=O)OC)C(C)C)[nH]4)ccc3-5)[nH]2)N1C(=O)[C@@H](NC(=O)OC)[C@H]1CCCOC1. The number of aromatic amines is 2. The molecule has 4 aliphatic rings. The van der Waals surface area contributed by atoms with Gasteiger partial charge in [0.15, 0.2) is 0 Å². The van der Waals surface area contributed by atoms with E-state index in [1.54, 1.807) is 0 Å². The molecule has 338 valence electrons. The molecule has 7 atom stereocenters. The van der Waals surface area contributed by atoms with Crippen LogP contribution in [0.15, 0.2) is 48.7 Å². The minimum Gasteiger partial charge on any atom is -0.488 e. The van der Waals surface area contributed by atoms with Gasteiger partial charge in [0.05, 0.1) is 55.8 Å². The number of ether oxygens (including phenoxy) is 4. The normalized spacial score (nSPS) is 22.8. The summed E-state index contributed by atoms with van der Waals surface area (Å²) in [7, 11) is 2.60. The number of hydrogen-bond acceptors (Lipinski definition) is 10. The van der Waals surface area contributed by atoms with E-state index in [4.69, 9.17) is 28.9 Å². The summed E-state index contributed by atoms with van der Waals surface area (Å²) in [5.41, 5.74) is 6.59. The van der Waals surface area contributed by atoms with Crippen molar-refractivity contribution in [3.05, 3.63) is 65.9 Å². The quantitative estimate of drug-likeness (QED) is 0.108. The summed E-state index contributed by atoms with van der Waals surface area (Å²) in [6, 6.07) is 12.7. The number of carbonyl (C=O) groups excluding carboxylic acids is 4. The van der Waals surface area contributed by atoms with Crippen LogP contribution in [-0.2, 0) is 30.4 Å². The molecule has 16 nitrogen and oxygen atoms in total. The minimum atomic E-state index is -0.766. The van der Waals surface area contributed by atoms with Crippen LogP contribution >= 0.6 is 0 Å². The van der Waals surface area contributed by atoms with E-state index in [9.17, 15) is 19.2 Å². The van der Waals surface area contributed by atoms with E-state index in [2.05, 4.69) is 63.9 Å². The summed E-state index contributed by atoms with van der Waals surface area (Å²) >= 11 is 0. The van der Waals surface area contributed by atoms with Crippen LogP contribution in [0.2, 0.25) is 0 Å². The summed E-state index contributed by atoms with van der Waals surface area (Å²) in [6.45, 7) is 9.36. The van der Waals surface area contributed by atoms with E-state index in [1.165, 1.54) is 14.2 Å².